The quantitative estimate of drug-likeness (QED) is 0.796. The predicted molar refractivity (Wildman–Crippen MR) is 62.2 cm³/mol. The Bertz CT molecular complexity index is 367. The summed E-state index contributed by atoms with van der Waals surface area (Å²) in [6.45, 7) is 4.97. The van der Waals surface area contributed by atoms with Crippen LogP contribution in [0.25, 0.3) is 0 Å². The normalized spacial score (nSPS) is 18.1. The first-order valence-electron chi connectivity index (χ1n) is 5.62. The summed E-state index contributed by atoms with van der Waals surface area (Å²) in [5, 5.41) is 9.87. The van der Waals surface area contributed by atoms with Gasteiger partial charge in [-0.15, -0.1) is 0 Å². The van der Waals surface area contributed by atoms with Crippen molar-refractivity contribution in [3.8, 4) is 5.75 Å². The Morgan fingerprint density at radius 1 is 1.40 bits per heavy atom. The van der Waals surface area contributed by atoms with Crippen LogP contribution in [0.1, 0.15) is 43.7 Å². The summed E-state index contributed by atoms with van der Waals surface area (Å²) in [4.78, 5) is 0. The summed E-state index contributed by atoms with van der Waals surface area (Å²) in [6, 6.07) is 5.93. The Balaban J connectivity index is 2.42. The van der Waals surface area contributed by atoms with Crippen LogP contribution in [-0.4, -0.2) is 11.7 Å². The van der Waals surface area contributed by atoms with E-state index in [-0.39, 0.29) is 5.41 Å². The van der Waals surface area contributed by atoms with Crippen molar-refractivity contribution in [2.24, 2.45) is 5.73 Å². The van der Waals surface area contributed by atoms with Crippen molar-refractivity contribution in [3.05, 3.63) is 29.3 Å². The first-order chi connectivity index (χ1) is 7.09. The van der Waals surface area contributed by atoms with Gasteiger partial charge >= 0.3 is 0 Å². The zero-order valence-electron chi connectivity index (χ0n) is 9.46. The minimum Gasteiger partial charge on any atom is -0.508 e. The van der Waals surface area contributed by atoms with E-state index in [1.165, 1.54) is 5.56 Å². The third kappa shape index (κ3) is 1.74. The Morgan fingerprint density at radius 3 is 2.53 bits per heavy atom. The number of nitrogens with two attached hydrogens (primary N) is 1. The molecular formula is C13H19NO. The second-order valence-electron chi connectivity index (χ2n) is 4.92. The molecule has 0 heterocycles. The molecule has 15 heavy (non-hydrogen) atoms. The number of benzene rings is 1. The number of aromatic hydroxyl groups is 1. The molecule has 0 bridgehead atoms. The van der Waals surface area contributed by atoms with Crippen LogP contribution in [0.3, 0.4) is 0 Å². The Kier molecular flexibility index (Phi) is 2.47. The lowest BCUT2D eigenvalue weighted by molar-refractivity contribution is 0.458. The monoisotopic (exact) mass is 205 g/mol. The molecule has 82 valence electrons. The van der Waals surface area contributed by atoms with Crippen molar-refractivity contribution in [1.82, 2.24) is 0 Å². The largest absolute Gasteiger partial charge is 0.508 e. The van der Waals surface area contributed by atoms with E-state index in [0.717, 1.165) is 18.4 Å². The second kappa shape index (κ2) is 3.53. The summed E-state index contributed by atoms with van der Waals surface area (Å²) < 4.78 is 0. The smallest absolute Gasteiger partial charge is 0.119 e. The average Bonchev–Trinajstić information content (AvgIpc) is 2.99. The fourth-order valence-corrected chi connectivity index (χ4v) is 2.07. The highest BCUT2D eigenvalue weighted by atomic mass is 16.3. The van der Waals surface area contributed by atoms with Gasteiger partial charge in [-0.2, -0.15) is 0 Å². The molecule has 0 aliphatic heterocycles. The van der Waals surface area contributed by atoms with Gasteiger partial charge in [0.25, 0.3) is 0 Å². The van der Waals surface area contributed by atoms with E-state index >= 15 is 0 Å². The molecular weight excluding hydrogens is 186 g/mol. The second-order valence-corrected chi connectivity index (χ2v) is 4.92. The SMILES string of the molecule is CC(C)c1ccc(O)c(C2(CN)CC2)c1. The van der Waals surface area contributed by atoms with Gasteiger partial charge in [-0.25, -0.2) is 0 Å². The average molecular weight is 205 g/mol. The van der Waals surface area contributed by atoms with Gasteiger partial charge in [0.2, 0.25) is 0 Å². The highest BCUT2D eigenvalue weighted by molar-refractivity contribution is 5.45. The summed E-state index contributed by atoms with van der Waals surface area (Å²) in [6.07, 6.45) is 2.22. The molecule has 1 saturated carbocycles. The van der Waals surface area contributed by atoms with Crippen molar-refractivity contribution in [1.29, 1.82) is 0 Å². The van der Waals surface area contributed by atoms with Gasteiger partial charge in [0.05, 0.1) is 0 Å². The lowest BCUT2D eigenvalue weighted by atomic mass is 9.91. The first kappa shape index (κ1) is 10.5. The molecule has 2 nitrogen and oxygen atoms in total. The highest BCUT2D eigenvalue weighted by Crippen LogP contribution is 2.50. The van der Waals surface area contributed by atoms with Crippen LogP contribution in [0.5, 0.6) is 5.75 Å². The zero-order valence-corrected chi connectivity index (χ0v) is 9.46. The van der Waals surface area contributed by atoms with E-state index in [0.29, 0.717) is 18.2 Å². The Morgan fingerprint density at radius 2 is 2.07 bits per heavy atom. The van der Waals surface area contributed by atoms with Crippen LogP contribution in [-0.2, 0) is 5.41 Å². The summed E-state index contributed by atoms with van der Waals surface area (Å²) in [7, 11) is 0. The van der Waals surface area contributed by atoms with Gasteiger partial charge in [-0.3, -0.25) is 0 Å². The van der Waals surface area contributed by atoms with Crippen LogP contribution < -0.4 is 5.73 Å². The topological polar surface area (TPSA) is 46.2 Å². The maximum Gasteiger partial charge on any atom is 0.119 e. The molecule has 3 N–H and O–H groups in total. The fourth-order valence-electron chi connectivity index (χ4n) is 2.07. The zero-order chi connectivity index (χ0) is 11.1. The third-order valence-electron chi connectivity index (χ3n) is 3.50. The van der Waals surface area contributed by atoms with E-state index in [9.17, 15) is 5.11 Å². The maximum absolute atomic E-state index is 9.87. The molecule has 0 amide bonds. The number of hydrogen-bond donors (Lipinski definition) is 2. The van der Waals surface area contributed by atoms with Crippen LogP contribution in [0.4, 0.5) is 0 Å². The maximum atomic E-state index is 9.87. The summed E-state index contributed by atoms with van der Waals surface area (Å²) in [5.41, 5.74) is 8.20. The molecule has 2 rings (SSSR count). The van der Waals surface area contributed by atoms with Gasteiger partial charge < -0.3 is 10.8 Å². The Hall–Kier alpha value is -1.02. The summed E-state index contributed by atoms with van der Waals surface area (Å²) in [5.74, 6) is 0.903. The van der Waals surface area contributed by atoms with Gasteiger partial charge in [0.1, 0.15) is 5.75 Å². The van der Waals surface area contributed by atoms with Crippen molar-refractivity contribution in [2.75, 3.05) is 6.54 Å². The fraction of sp³-hybridized carbons (Fsp3) is 0.538. The van der Waals surface area contributed by atoms with Gasteiger partial charge in [0, 0.05) is 17.5 Å². The van der Waals surface area contributed by atoms with Gasteiger partial charge in [0.15, 0.2) is 0 Å². The van der Waals surface area contributed by atoms with Crippen LogP contribution in [0.2, 0.25) is 0 Å². The van der Waals surface area contributed by atoms with Crippen molar-refractivity contribution >= 4 is 0 Å². The molecule has 0 radical (unpaired) electrons. The first-order valence-corrected chi connectivity index (χ1v) is 5.62. The molecule has 0 saturated heterocycles. The lowest BCUT2D eigenvalue weighted by Crippen LogP contribution is -2.20. The lowest BCUT2D eigenvalue weighted by Gasteiger charge is -2.17. The molecule has 0 unspecified atom stereocenters. The van der Waals surface area contributed by atoms with Crippen molar-refractivity contribution in [2.45, 2.75) is 38.0 Å². The third-order valence-corrected chi connectivity index (χ3v) is 3.50. The molecule has 1 aromatic rings. The molecule has 1 aliphatic rings. The van der Waals surface area contributed by atoms with E-state index in [2.05, 4.69) is 19.9 Å². The molecule has 1 fully saturated rings. The van der Waals surface area contributed by atoms with Crippen LogP contribution in [0, 0.1) is 0 Å². The molecule has 0 atom stereocenters. The van der Waals surface area contributed by atoms with Crippen molar-refractivity contribution in [3.63, 3.8) is 0 Å². The molecule has 0 spiro atoms. The minimum atomic E-state index is 0.0784. The number of rotatable bonds is 3. The molecule has 1 aliphatic carbocycles. The standard InChI is InChI=1S/C13H19NO/c1-9(2)10-3-4-12(15)11(7-10)13(8-14)5-6-13/h3-4,7,9,15H,5-6,8,14H2,1-2H3. The Labute approximate surface area is 91.1 Å². The molecule has 0 aromatic heterocycles. The van der Waals surface area contributed by atoms with Gasteiger partial charge in [-0.1, -0.05) is 26.0 Å². The number of phenols is 1. The molecule has 1 aromatic carbocycles. The van der Waals surface area contributed by atoms with Crippen LogP contribution >= 0.6 is 0 Å². The highest BCUT2D eigenvalue weighted by Gasteiger charge is 2.44. The minimum absolute atomic E-state index is 0.0784. The number of hydrogen-bond acceptors (Lipinski definition) is 2. The summed E-state index contributed by atoms with van der Waals surface area (Å²) >= 11 is 0. The van der Waals surface area contributed by atoms with E-state index < -0.39 is 0 Å². The molecule has 2 heteroatoms. The van der Waals surface area contributed by atoms with Crippen molar-refractivity contribution < 1.29 is 5.11 Å². The van der Waals surface area contributed by atoms with Gasteiger partial charge in [-0.05, 0) is 30.4 Å². The predicted octanol–water partition coefficient (Wildman–Crippen LogP) is 2.51. The van der Waals surface area contributed by atoms with E-state index in [4.69, 9.17) is 5.73 Å². The number of phenolic OH excluding ortho intramolecular Hbond substituents is 1. The van der Waals surface area contributed by atoms with E-state index in [1.54, 1.807) is 6.07 Å². The van der Waals surface area contributed by atoms with Crippen LogP contribution in [0.15, 0.2) is 18.2 Å². The van der Waals surface area contributed by atoms with E-state index in [1.807, 2.05) is 6.07 Å².